The standard InChI is InChI=1S/C26H27NO5S/c1-19-14-16-21(17-15-19)33(30,31)27(18-24(28)32-26(2,3)4)23-13-9-8-12-22(23)25(29)20-10-6-5-7-11-20/h5-17H,18H2,1-4H3. The van der Waals surface area contributed by atoms with Crippen LogP contribution in [0.4, 0.5) is 5.69 Å². The number of para-hydroxylation sites is 1. The number of hydrogen-bond donors (Lipinski definition) is 0. The number of aryl methyl sites for hydroxylation is 1. The average Bonchev–Trinajstić information content (AvgIpc) is 2.76. The van der Waals surface area contributed by atoms with Crippen LogP contribution in [0.2, 0.25) is 0 Å². The molecule has 3 rings (SSSR count). The van der Waals surface area contributed by atoms with Gasteiger partial charge >= 0.3 is 5.97 Å². The van der Waals surface area contributed by atoms with Crippen LogP contribution >= 0.6 is 0 Å². The van der Waals surface area contributed by atoms with E-state index in [1.807, 2.05) is 6.92 Å². The smallest absolute Gasteiger partial charge is 0.327 e. The molecule has 0 radical (unpaired) electrons. The fourth-order valence-corrected chi connectivity index (χ4v) is 4.68. The van der Waals surface area contributed by atoms with E-state index in [4.69, 9.17) is 4.74 Å². The van der Waals surface area contributed by atoms with E-state index in [0.29, 0.717) is 5.56 Å². The van der Waals surface area contributed by atoms with E-state index < -0.39 is 28.1 Å². The summed E-state index contributed by atoms with van der Waals surface area (Å²) < 4.78 is 33.7. The molecular formula is C26H27NO5S. The highest BCUT2D eigenvalue weighted by Crippen LogP contribution is 2.29. The van der Waals surface area contributed by atoms with E-state index >= 15 is 0 Å². The Hall–Kier alpha value is -3.45. The highest BCUT2D eigenvalue weighted by Gasteiger charge is 2.32. The first kappa shape index (κ1) is 24.2. The van der Waals surface area contributed by atoms with Crippen molar-refractivity contribution in [3.8, 4) is 0 Å². The van der Waals surface area contributed by atoms with Crippen LogP contribution in [0, 0.1) is 6.92 Å². The molecule has 3 aromatic rings. The van der Waals surface area contributed by atoms with E-state index in [1.165, 1.54) is 18.2 Å². The number of ketones is 1. The number of esters is 1. The summed E-state index contributed by atoms with van der Waals surface area (Å²) in [5.74, 6) is -1.07. The normalized spacial score (nSPS) is 11.6. The van der Waals surface area contributed by atoms with Crippen molar-refractivity contribution in [2.75, 3.05) is 10.8 Å². The first-order valence-corrected chi connectivity index (χ1v) is 11.9. The Morgan fingerprint density at radius 3 is 2.03 bits per heavy atom. The summed E-state index contributed by atoms with van der Waals surface area (Å²) >= 11 is 0. The molecule has 0 fully saturated rings. The number of nitrogens with zero attached hydrogens (tertiary/aromatic N) is 1. The predicted molar refractivity (Wildman–Crippen MR) is 128 cm³/mol. The van der Waals surface area contributed by atoms with Crippen molar-refractivity contribution in [1.82, 2.24) is 0 Å². The Morgan fingerprint density at radius 2 is 1.42 bits per heavy atom. The third kappa shape index (κ3) is 5.87. The van der Waals surface area contributed by atoms with Crippen LogP contribution in [0.1, 0.15) is 42.3 Å². The van der Waals surface area contributed by atoms with Gasteiger partial charge in [0.05, 0.1) is 10.6 Å². The molecule has 0 aliphatic rings. The average molecular weight is 466 g/mol. The zero-order valence-electron chi connectivity index (χ0n) is 19.1. The van der Waals surface area contributed by atoms with Gasteiger partial charge in [-0.25, -0.2) is 8.42 Å². The van der Waals surface area contributed by atoms with Crippen LogP contribution in [-0.4, -0.2) is 32.3 Å². The molecule has 0 unspecified atom stereocenters. The van der Waals surface area contributed by atoms with E-state index in [9.17, 15) is 18.0 Å². The monoisotopic (exact) mass is 465 g/mol. The van der Waals surface area contributed by atoms with Gasteiger partial charge in [-0.05, 0) is 52.0 Å². The molecule has 0 bridgehead atoms. The topological polar surface area (TPSA) is 80.8 Å². The lowest BCUT2D eigenvalue weighted by molar-refractivity contribution is -0.152. The van der Waals surface area contributed by atoms with Crippen molar-refractivity contribution in [3.63, 3.8) is 0 Å². The van der Waals surface area contributed by atoms with Gasteiger partial charge in [0.2, 0.25) is 0 Å². The molecule has 6 nitrogen and oxygen atoms in total. The number of anilines is 1. The Kier molecular flexibility index (Phi) is 7.03. The van der Waals surface area contributed by atoms with Gasteiger partial charge in [-0.15, -0.1) is 0 Å². The van der Waals surface area contributed by atoms with Crippen molar-refractivity contribution in [2.24, 2.45) is 0 Å². The minimum atomic E-state index is -4.18. The van der Waals surface area contributed by atoms with Crippen LogP contribution < -0.4 is 4.31 Å². The number of hydrogen-bond acceptors (Lipinski definition) is 5. The summed E-state index contributed by atoms with van der Waals surface area (Å²) in [4.78, 5) is 26.0. The van der Waals surface area contributed by atoms with Crippen molar-refractivity contribution >= 4 is 27.5 Å². The molecule has 0 saturated carbocycles. The van der Waals surface area contributed by atoms with Crippen molar-refractivity contribution in [1.29, 1.82) is 0 Å². The molecule has 0 aliphatic carbocycles. The Bertz CT molecular complexity index is 1240. The Labute approximate surface area is 194 Å². The van der Waals surface area contributed by atoms with Gasteiger partial charge in [-0.3, -0.25) is 13.9 Å². The van der Waals surface area contributed by atoms with Gasteiger partial charge in [-0.2, -0.15) is 0 Å². The molecule has 0 N–H and O–H groups in total. The van der Waals surface area contributed by atoms with Crippen LogP contribution in [0.25, 0.3) is 0 Å². The highest BCUT2D eigenvalue weighted by molar-refractivity contribution is 7.92. The molecule has 172 valence electrons. The summed E-state index contributed by atoms with van der Waals surface area (Å²) in [6, 6.07) is 21.3. The number of benzene rings is 3. The summed E-state index contributed by atoms with van der Waals surface area (Å²) in [6.07, 6.45) is 0. The van der Waals surface area contributed by atoms with Crippen molar-refractivity contribution in [3.05, 3.63) is 95.6 Å². The van der Waals surface area contributed by atoms with Gasteiger partial charge in [-0.1, -0.05) is 60.2 Å². The van der Waals surface area contributed by atoms with Crippen LogP contribution in [0.15, 0.2) is 83.8 Å². The van der Waals surface area contributed by atoms with Crippen molar-refractivity contribution < 1.29 is 22.7 Å². The van der Waals surface area contributed by atoms with Gasteiger partial charge in [0.1, 0.15) is 12.1 Å². The number of sulfonamides is 1. The maximum atomic E-state index is 13.7. The molecule has 0 aromatic heterocycles. The van der Waals surface area contributed by atoms with Crippen molar-refractivity contribution in [2.45, 2.75) is 38.2 Å². The zero-order chi connectivity index (χ0) is 24.2. The van der Waals surface area contributed by atoms with Crippen LogP contribution in [-0.2, 0) is 19.6 Å². The number of carbonyl (C=O) groups excluding carboxylic acids is 2. The van der Waals surface area contributed by atoms with Crippen LogP contribution in [0.3, 0.4) is 0 Å². The summed E-state index contributed by atoms with van der Waals surface area (Å²) in [7, 11) is -4.18. The summed E-state index contributed by atoms with van der Waals surface area (Å²) in [5, 5.41) is 0. The first-order chi connectivity index (χ1) is 15.5. The van der Waals surface area contributed by atoms with E-state index in [1.54, 1.807) is 81.4 Å². The zero-order valence-corrected chi connectivity index (χ0v) is 19.9. The first-order valence-electron chi connectivity index (χ1n) is 10.5. The molecule has 0 heterocycles. The third-order valence-electron chi connectivity index (χ3n) is 4.76. The molecule has 7 heteroatoms. The predicted octanol–water partition coefficient (Wildman–Crippen LogP) is 4.76. The summed E-state index contributed by atoms with van der Waals surface area (Å²) in [6.45, 7) is 6.39. The quantitative estimate of drug-likeness (QED) is 0.371. The maximum absolute atomic E-state index is 13.7. The maximum Gasteiger partial charge on any atom is 0.327 e. The second kappa shape index (κ2) is 9.58. The molecule has 0 aliphatic heterocycles. The largest absolute Gasteiger partial charge is 0.459 e. The van der Waals surface area contributed by atoms with E-state index in [-0.39, 0.29) is 21.9 Å². The summed E-state index contributed by atoms with van der Waals surface area (Å²) in [5.41, 5.74) is 0.790. The second-order valence-corrected chi connectivity index (χ2v) is 10.5. The lowest BCUT2D eigenvalue weighted by atomic mass is 10.0. The van der Waals surface area contributed by atoms with E-state index in [2.05, 4.69) is 0 Å². The molecule has 0 atom stereocenters. The SMILES string of the molecule is Cc1ccc(S(=O)(=O)N(CC(=O)OC(C)(C)C)c2ccccc2C(=O)c2ccccc2)cc1. The highest BCUT2D eigenvalue weighted by atomic mass is 32.2. The molecule has 0 amide bonds. The number of rotatable bonds is 7. The molecular weight excluding hydrogens is 438 g/mol. The number of carbonyl (C=O) groups is 2. The lowest BCUT2D eigenvalue weighted by Crippen LogP contribution is -2.39. The fourth-order valence-electron chi connectivity index (χ4n) is 3.26. The fraction of sp³-hybridized carbons (Fsp3) is 0.231. The molecule has 33 heavy (non-hydrogen) atoms. The van der Waals surface area contributed by atoms with Crippen LogP contribution in [0.5, 0.6) is 0 Å². The number of ether oxygens (including phenoxy) is 1. The molecule has 0 spiro atoms. The minimum Gasteiger partial charge on any atom is -0.459 e. The Morgan fingerprint density at radius 1 is 0.848 bits per heavy atom. The van der Waals surface area contributed by atoms with E-state index in [0.717, 1.165) is 9.87 Å². The Balaban J connectivity index is 2.13. The lowest BCUT2D eigenvalue weighted by Gasteiger charge is -2.27. The van der Waals surface area contributed by atoms with Gasteiger partial charge in [0, 0.05) is 11.1 Å². The van der Waals surface area contributed by atoms with Gasteiger partial charge in [0.25, 0.3) is 10.0 Å². The molecule has 3 aromatic carbocycles. The second-order valence-electron chi connectivity index (χ2n) is 8.62. The van der Waals surface area contributed by atoms with Gasteiger partial charge in [0.15, 0.2) is 5.78 Å². The minimum absolute atomic E-state index is 0.0126. The molecule has 0 saturated heterocycles. The van der Waals surface area contributed by atoms with Gasteiger partial charge < -0.3 is 4.74 Å². The third-order valence-corrected chi connectivity index (χ3v) is 6.53.